The molecule has 7 nitrogen and oxygen atoms in total. The fourth-order valence-electron chi connectivity index (χ4n) is 5.03. The molecule has 2 saturated heterocycles. The highest BCUT2D eigenvalue weighted by atomic mass is 19.1. The zero-order valence-corrected chi connectivity index (χ0v) is 20.4. The lowest BCUT2D eigenvalue weighted by atomic mass is 10.0. The first kappa shape index (κ1) is 23.5. The number of aromatic nitrogens is 2. The Labute approximate surface area is 214 Å². The minimum atomic E-state index is -0.259. The van der Waals surface area contributed by atoms with Crippen molar-refractivity contribution in [3.63, 3.8) is 0 Å². The Balaban J connectivity index is 1.31. The Morgan fingerprint density at radius 1 is 0.973 bits per heavy atom. The van der Waals surface area contributed by atoms with Crippen LogP contribution in [-0.2, 0) is 9.47 Å². The number of pyridine rings is 1. The molecule has 0 saturated carbocycles. The number of aromatic amines is 1. The van der Waals surface area contributed by atoms with Crippen molar-refractivity contribution in [3.05, 3.63) is 66.1 Å². The van der Waals surface area contributed by atoms with Gasteiger partial charge in [-0.25, -0.2) is 9.37 Å². The van der Waals surface area contributed by atoms with Crippen molar-refractivity contribution in [2.24, 2.45) is 0 Å². The number of ether oxygens (including phenoxy) is 3. The third-order valence-corrected chi connectivity index (χ3v) is 7.02. The number of nitrogens with zero attached hydrogens (tertiary/aromatic N) is 3. The Kier molecular flexibility index (Phi) is 6.47. The smallest absolute Gasteiger partial charge is 0.147 e. The SMILES string of the molecule is N#Cc1cc(-c2ccnc3[nH]c(-c4ccc(N5CCOCC5)c(F)c4)cc23)ccc1OC1CCOCC1. The maximum absolute atomic E-state index is 15.0. The van der Waals surface area contributed by atoms with Gasteiger partial charge >= 0.3 is 0 Å². The molecule has 188 valence electrons. The molecule has 1 N–H and O–H groups in total. The number of morpholine rings is 1. The van der Waals surface area contributed by atoms with E-state index in [9.17, 15) is 5.26 Å². The van der Waals surface area contributed by atoms with E-state index in [1.54, 1.807) is 12.3 Å². The number of H-pyrrole nitrogens is 1. The van der Waals surface area contributed by atoms with Crippen LogP contribution < -0.4 is 9.64 Å². The Hall–Kier alpha value is -3.93. The third-order valence-electron chi connectivity index (χ3n) is 7.02. The molecule has 2 aromatic heterocycles. The van der Waals surface area contributed by atoms with Gasteiger partial charge in [-0.2, -0.15) is 5.26 Å². The molecule has 4 heterocycles. The van der Waals surface area contributed by atoms with E-state index in [2.05, 4.69) is 16.0 Å². The van der Waals surface area contributed by atoms with E-state index < -0.39 is 0 Å². The van der Waals surface area contributed by atoms with Crippen molar-refractivity contribution in [3.8, 4) is 34.2 Å². The lowest BCUT2D eigenvalue weighted by Crippen LogP contribution is -2.36. The van der Waals surface area contributed by atoms with Gasteiger partial charge in [-0.3, -0.25) is 0 Å². The van der Waals surface area contributed by atoms with Crippen LogP contribution in [0, 0.1) is 17.1 Å². The van der Waals surface area contributed by atoms with Crippen LogP contribution in [0.1, 0.15) is 18.4 Å². The summed E-state index contributed by atoms with van der Waals surface area (Å²) in [5, 5.41) is 10.7. The number of halogens is 1. The second kappa shape index (κ2) is 10.2. The van der Waals surface area contributed by atoms with Gasteiger partial charge in [-0.15, -0.1) is 0 Å². The molecule has 0 spiro atoms. The fourth-order valence-corrected chi connectivity index (χ4v) is 5.03. The molecule has 2 fully saturated rings. The fraction of sp³-hybridized carbons (Fsp3) is 0.310. The Morgan fingerprint density at radius 2 is 1.76 bits per heavy atom. The standard InChI is InChI=1S/C29H27FN4O3/c30-25-16-20(1-3-27(25)34-9-13-36-14-10-34)26-17-24-23(5-8-32-29(24)33-26)19-2-4-28(21(15-19)18-31)37-22-6-11-35-12-7-22/h1-5,8,15-17,22H,6-7,9-14H2,(H,32,33). The van der Waals surface area contributed by atoms with Crippen LogP contribution >= 0.6 is 0 Å². The molecule has 37 heavy (non-hydrogen) atoms. The van der Waals surface area contributed by atoms with Crippen molar-refractivity contribution in [1.82, 2.24) is 9.97 Å². The summed E-state index contributed by atoms with van der Waals surface area (Å²) in [5.41, 5.74) is 5.14. The average molecular weight is 499 g/mol. The van der Waals surface area contributed by atoms with Gasteiger partial charge in [0, 0.05) is 48.8 Å². The molecule has 8 heteroatoms. The van der Waals surface area contributed by atoms with E-state index in [0.29, 0.717) is 62.2 Å². The molecule has 0 amide bonds. The molecule has 6 rings (SSSR count). The quantitative estimate of drug-likeness (QED) is 0.402. The first-order valence-corrected chi connectivity index (χ1v) is 12.6. The normalized spacial score (nSPS) is 16.6. The van der Waals surface area contributed by atoms with Crippen LogP contribution in [0.15, 0.2) is 54.7 Å². The van der Waals surface area contributed by atoms with Crippen molar-refractivity contribution in [2.75, 3.05) is 44.4 Å². The molecule has 2 aliphatic rings. The predicted molar refractivity (Wildman–Crippen MR) is 139 cm³/mol. The van der Waals surface area contributed by atoms with Gasteiger partial charge in [0.05, 0.1) is 37.7 Å². The lowest BCUT2D eigenvalue weighted by Gasteiger charge is -2.29. The highest BCUT2D eigenvalue weighted by molar-refractivity contribution is 5.96. The van der Waals surface area contributed by atoms with E-state index in [4.69, 9.17) is 14.2 Å². The molecule has 2 aliphatic heterocycles. The van der Waals surface area contributed by atoms with Gasteiger partial charge in [0.25, 0.3) is 0 Å². The van der Waals surface area contributed by atoms with Crippen LogP contribution in [0.4, 0.5) is 10.1 Å². The molecular formula is C29H27FN4O3. The summed E-state index contributed by atoms with van der Waals surface area (Å²) in [7, 11) is 0. The molecule has 4 aromatic rings. The van der Waals surface area contributed by atoms with Gasteiger partial charge in [-0.05, 0) is 47.5 Å². The van der Waals surface area contributed by atoms with Crippen LogP contribution in [0.2, 0.25) is 0 Å². The number of benzene rings is 2. The summed E-state index contributed by atoms with van der Waals surface area (Å²) in [4.78, 5) is 9.83. The van der Waals surface area contributed by atoms with E-state index in [1.807, 2.05) is 47.4 Å². The minimum Gasteiger partial charge on any atom is -0.489 e. The Bertz CT molecular complexity index is 1470. The Morgan fingerprint density at radius 3 is 2.54 bits per heavy atom. The summed E-state index contributed by atoms with van der Waals surface area (Å²) < 4.78 is 32.0. The minimum absolute atomic E-state index is 0.0570. The molecule has 0 atom stereocenters. The lowest BCUT2D eigenvalue weighted by molar-refractivity contribution is 0.0254. The second-order valence-electron chi connectivity index (χ2n) is 9.32. The first-order valence-electron chi connectivity index (χ1n) is 12.6. The van der Waals surface area contributed by atoms with E-state index in [-0.39, 0.29) is 11.9 Å². The average Bonchev–Trinajstić information content (AvgIpc) is 3.39. The summed E-state index contributed by atoms with van der Waals surface area (Å²) in [6.07, 6.45) is 3.43. The topological polar surface area (TPSA) is 83.4 Å². The van der Waals surface area contributed by atoms with Gasteiger partial charge < -0.3 is 24.1 Å². The molecule has 2 aromatic carbocycles. The van der Waals surface area contributed by atoms with Crippen molar-refractivity contribution in [2.45, 2.75) is 18.9 Å². The zero-order chi connectivity index (χ0) is 25.2. The number of fused-ring (bicyclic) bond motifs is 1. The summed E-state index contributed by atoms with van der Waals surface area (Å²) in [6.45, 7) is 3.92. The van der Waals surface area contributed by atoms with Gasteiger partial charge in [0.2, 0.25) is 0 Å². The number of nitriles is 1. The van der Waals surface area contributed by atoms with Crippen LogP contribution in [0.5, 0.6) is 5.75 Å². The summed E-state index contributed by atoms with van der Waals surface area (Å²) in [5.74, 6) is 0.332. The van der Waals surface area contributed by atoms with Gasteiger partial charge in [0.15, 0.2) is 0 Å². The maximum Gasteiger partial charge on any atom is 0.147 e. The molecule has 0 bridgehead atoms. The maximum atomic E-state index is 15.0. The number of anilines is 1. The number of rotatable bonds is 5. The highest BCUT2D eigenvalue weighted by Crippen LogP contribution is 2.35. The molecule has 0 aliphatic carbocycles. The number of hydrogen-bond donors (Lipinski definition) is 1. The zero-order valence-electron chi connectivity index (χ0n) is 20.4. The third kappa shape index (κ3) is 4.76. The first-order chi connectivity index (χ1) is 18.2. The second-order valence-corrected chi connectivity index (χ2v) is 9.32. The molecule has 0 radical (unpaired) electrons. The van der Waals surface area contributed by atoms with E-state index >= 15 is 4.39 Å². The van der Waals surface area contributed by atoms with Crippen molar-refractivity contribution in [1.29, 1.82) is 5.26 Å². The monoisotopic (exact) mass is 498 g/mol. The van der Waals surface area contributed by atoms with Gasteiger partial charge in [0.1, 0.15) is 29.4 Å². The molecular weight excluding hydrogens is 471 g/mol. The number of nitrogens with one attached hydrogen (secondary N) is 1. The van der Waals surface area contributed by atoms with Crippen LogP contribution in [0.3, 0.4) is 0 Å². The van der Waals surface area contributed by atoms with Gasteiger partial charge in [-0.1, -0.05) is 12.1 Å². The van der Waals surface area contributed by atoms with E-state index in [0.717, 1.165) is 40.6 Å². The highest BCUT2D eigenvalue weighted by Gasteiger charge is 2.19. The van der Waals surface area contributed by atoms with Crippen LogP contribution in [-0.4, -0.2) is 55.6 Å². The number of hydrogen-bond acceptors (Lipinski definition) is 6. The van der Waals surface area contributed by atoms with Crippen LogP contribution in [0.25, 0.3) is 33.4 Å². The van der Waals surface area contributed by atoms with E-state index in [1.165, 1.54) is 0 Å². The summed E-state index contributed by atoms with van der Waals surface area (Å²) in [6, 6.07) is 17.2. The largest absolute Gasteiger partial charge is 0.489 e. The predicted octanol–water partition coefficient (Wildman–Crippen LogP) is 5.30. The molecule has 0 unspecified atom stereocenters. The van der Waals surface area contributed by atoms with Crippen molar-refractivity contribution < 1.29 is 18.6 Å². The van der Waals surface area contributed by atoms with Crippen molar-refractivity contribution >= 4 is 16.7 Å². The summed E-state index contributed by atoms with van der Waals surface area (Å²) >= 11 is 0.